The molecule has 0 aromatic heterocycles. The fraction of sp³-hybridized carbons (Fsp3) is 0.538. The molecule has 3 unspecified atom stereocenters. The van der Waals surface area contributed by atoms with Gasteiger partial charge in [-0.1, -0.05) is 36.4 Å². The number of likely N-dealkylation sites (tertiary alicyclic amines) is 1. The van der Waals surface area contributed by atoms with E-state index in [2.05, 4.69) is 17.0 Å². The van der Waals surface area contributed by atoms with Crippen molar-refractivity contribution >= 4 is 10.0 Å². The first kappa shape index (κ1) is 23.8. The Labute approximate surface area is 199 Å². The molecule has 2 fully saturated rings. The zero-order valence-electron chi connectivity index (χ0n) is 19.1. The van der Waals surface area contributed by atoms with E-state index in [-0.39, 0.29) is 11.8 Å². The van der Waals surface area contributed by atoms with Gasteiger partial charge in [-0.05, 0) is 97.7 Å². The lowest BCUT2D eigenvalue weighted by Gasteiger charge is -2.35. The molecule has 1 aliphatic heterocycles. The van der Waals surface area contributed by atoms with E-state index >= 15 is 0 Å². The maximum atomic E-state index is 13.3. The fourth-order valence-corrected chi connectivity index (χ4v) is 6.96. The molecule has 184 valence electrons. The summed E-state index contributed by atoms with van der Waals surface area (Å²) in [5.74, 6) is 0.564. The standard InChI is InChI=1S/C26H31F3N2O2S/c27-26(28,29)22-4-1-3-17(11-22)12-24-21(16-31-9-2-10-31)15-20-6-5-18(13-23(20)24)14-25(19-7-8-19)34(30,32)33/h1,3-6,11,13,19,21,24-25H,2,7-10,12,14-16H2,(H2,30,32,33). The summed E-state index contributed by atoms with van der Waals surface area (Å²) in [6.07, 6.45) is 0.447. The van der Waals surface area contributed by atoms with Crippen molar-refractivity contribution in [3.8, 4) is 0 Å². The Morgan fingerprint density at radius 1 is 1.06 bits per heavy atom. The van der Waals surface area contributed by atoms with E-state index in [9.17, 15) is 21.6 Å². The van der Waals surface area contributed by atoms with E-state index in [1.807, 2.05) is 6.07 Å². The maximum absolute atomic E-state index is 13.3. The second kappa shape index (κ2) is 8.95. The lowest BCUT2D eigenvalue weighted by Crippen LogP contribution is -2.41. The number of nitrogens with two attached hydrogens (primary N) is 1. The smallest absolute Gasteiger partial charge is 0.303 e. The number of rotatable bonds is 8. The molecule has 5 rings (SSSR count). The molecule has 2 aromatic carbocycles. The third kappa shape index (κ3) is 5.19. The van der Waals surface area contributed by atoms with Gasteiger partial charge in [0.1, 0.15) is 0 Å². The van der Waals surface area contributed by atoms with Crippen molar-refractivity contribution in [2.24, 2.45) is 17.0 Å². The van der Waals surface area contributed by atoms with Crippen LogP contribution in [0.4, 0.5) is 13.2 Å². The summed E-state index contributed by atoms with van der Waals surface area (Å²) >= 11 is 0. The molecule has 1 saturated heterocycles. The Bertz CT molecular complexity index is 1160. The van der Waals surface area contributed by atoms with Crippen LogP contribution in [0.15, 0.2) is 42.5 Å². The van der Waals surface area contributed by atoms with Gasteiger partial charge in [0, 0.05) is 6.54 Å². The SMILES string of the molecule is NS(=O)(=O)C(Cc1ccc2c(c1)C(Cc1cccc(C(F)(F)F)c1)C(CN1CCC1)C2)C1CC1. The Morgan fingerprint density at radius 2 is 1.82 bits per heavy atom. The normalized spacial score (nSPS) is 24.0. The lowest BCUT2D eigenvalue weighted by molar-refractivity contribution is -0.137. The molecule has 0 bridgehead atoms. The molecular formula is C26H31F3N2O2S. The van der Waals surface area contributed by atoms with Crippen LogP contribution >= 0.6 is 0 Å². The molecule has 8 heteroatoms. The van der Waals surface area contributed by atoms with E-state index in [1.165, 1.54) is 24.1 Å². The third-order valence-corrected chi connectivity index (χ3v) is 9.21. The molecule has 3 atom stereocenters. The Kier molecular flexibility index (Phi) is 6.27. The monoisotopic (exact) mass is 492 g/mol. The van der Waals surface area contributed by atoms with Crippen molar-refractivity contribution in [2.75, 3.05) is 19.6 Å². The van der Waals surface area contributed by atoms with E-state index in [0.29, 0.717) is 24.3 Å². The van der Waals surface area contributed by atoms with E-state index in [1.54, 1.807) is 6.07 Å². The summed E-state index contributed by atoms with van der Waals surface area (Å²) < 4.78 is 64.2. The van der Waals surface area contributed by atoms with E-state index < -0.39 is 27.0 Å². The zero-order valence-corrected chi connectivity index (χ0v) is 19.9. The zero-order chi connectivity index (χ0) is 24.1. The number of halogens is 3. The molecule has 3 aliphatic rings. The minimum atomic E-state index is -4.36. The lowest BCUT2D eigenvalue weighted by atomic mass is 9.85. The molecule has 2 N–H and O–H groups in total. The summed E-state index contributed by atoms with van der Waals surface area (Å²) in [6.45, 7) is 3.09. The largest absolute Gasteiger partial charge is 0.416 e. The Morgan fingerprint density at radius 3 is 2.44 bits per heavy atom. The van der Waals surface area contributed by atoms with Crippen molar-refractivity contribution in [3.05, 3.63) is 70.3 Å². The second-order valence-corrected chi connectivity index (χ2v) is 12.1. The van der Waals surface area contributed by atoms with Crippen LogP contribution in [0.2, 0.25) is 0 Å². The van der Waals surface area contributed by atoms with Gasteiger partial charge in [0.15, 0.2) is 0 Å². The topological polar surface area (TPSA) is 63.4 Å². The van der Waals surface area contributed by atoms with Gasteiger partial charge in [0.05, 0.1) is 10.8 Å². The number of fused-ring (bicyclic) bond motifs is 1. The van der Waals surface area contributed by atoms with Gasteiger partial charge in [0.2, 0.25) is 10.0 Å². The highest BCUT2D eigenvalue weighted by Crippen LogP contribution is 2.43. The van der Waals surface area contributed by atoms with Crippen molar-refractivity contribution < 1.29 is 21.6 Å². The van der Waals surface area contributed by atoms with Crippen LogP contribution in [-0.4, -0.2) is 38.2 Å². The summed E-state index contributed by atoms with van der Waals surface area (Å²) in [5, 5.41) is 4.97. The third-order valence-electron chi connectivity index (χ3n) is 7.82. The van der Waals surface area contributed by atoms with Gasteiger partial charge in [-0.25, -0.2) is 13.6 Å². The number of hydrogen-bond acceptors (Lipinski definition) is 3. The van der Waals surface area contributed by atoms with Crippen molar-refractivity contribution in [2.45, 2.75) is 55.9 Å². The van der Waals surface area contributed by atoms with Gasteiger partial charge in [-0.15, -0.1) is 0 Å². The van der Waals surface area contributed by atoms with Gasteiger partial charge >= 0.3 is 6.18 Å². The molecule has 0 radical (unpaired) electrons. The second-order valence-electron chi connectivity index (χ2n) is 10.3. The number of primary sulfonamides is 1. The minimum absolute atomic E-state index is 0.105. The van der Waals surface area contributed by atoms with Crippen LogP contribution in [0.3, 0.4) is 0 Å². The molecule has 34 heavy (non-hydrogen) atoms. The van der Waals surface area contributed by atoms with Crippen LogP contribution in [0.1, 0.15) is 53.0 Å². The highest BCUT2D eigenvalue weighted by molar-refractivity contribution is 7.89. The number of nitrogens with zero attached hydrogens (tertiary/aromatic N) is 1. The molecule has 0 spiro atoms. The minimum Gasteiger partial charge on any atom is -0.303 e. The molecule has 1 heterocycles. The van der Waals surface area contributed by atoms with Gasteiger partial charge in [0.25, 0.3) is 0 Å². The average molecular weight is 493 g/mol. The number of benzene rings is 2. The van der Waals surface area contributed by atoms with Crippen molar-refractivity contribution in [1.29, 1.82) is 0 Å². The van der Waals surface area contributed by atoms with Crippen LogP contribution in [0.25, 0.3) is 0 Å². The van der Waals surface area contributed by atoms with Gasteiger partial charge < -0.3 is 4.90 Å². The first-order valence-corrected chi connectivity index (χ1v) is 13.7. The first-order valence-electron chi connectivity index (χ1n) is 12.1. The highest BCUT2D eigenvalue weighted by Gasteiger charge is 2.39. The summed E-state index contributed by atoms with van der Waals surface area (Å²) in [7, 11) is -3.63. The van der Waals surface area contributed by atoms with Gasteiger partial charge in [-0.2, -0.15) is 13.2 Å². The van der Waals surface area contributed by atoms with Crippen molar-refractivity contribution in [3.63, 3.8) is 0 Å². The van der Waals surface area contributed by atoms with E-state index in [0.717, 1.165) is 56.1 Å². The summed E-state index contributed by atoms with van der Waals surface area (Å²) in [4.78, 5) is 2.42. The number of hydrogen-bond donors (Lipinski definition) is 1. The van der Waals surface area contributed by atoms with E-state index in [4.69, 9.17) is 5.14 Å². The predicted molar refractivity (Wildman–Crippen MR) is 126 cm³/mol. The molecule has 2 aliphatic carbocycles. The van der Waals surface area contributed by atoms with Crippen LogP contribution in [0, 0.1) is 11.8 Å². The van der Waals surface area contributed by atoms with Crippen LogP contribution < -0.4 is 5.14 Å². The highest BCUT2D eigenvalue weighted by atomic mass is 32.2. The predicted octanol–water partition coefficient (Wildman–Crippen LogP) is 4.52. The summed E-state index contributed by atoms with van der Waals surface area (Å²) in [5.41, 5.74) is 3.40. The van der Waals surface area contributed by atoms with Gasteiger partial charge in [-0.3, -0.25) is 0 Å². The van der Waals surface area contributed by atoms with Crippen LogP contribution in [-0.2, 0) is 35.5 Å². The Hall–Kier alpha value is -1.90. The average Bonchev–Trinajstić information content (AvgIpc) is 3.51. The summed E-state index contributed by atoms with van der Waals surface area (Å²) in [6, 6.07) is 11.9. The first-order chi connectivity index (χ1) is 16.1. The molecule has 1 saturated carbocycles. The van der Waals surface area contributed by atoms with Crippen LogP contribution in [0.5, 0.6) is 0 Å². The quantitative estimate of drug-likeness (QED) is 0.590. The Balaban J connectivity index is 1.43. The molecule has 2 aromatic rings. The molecule has 4 nitrogen and oxygen atoms in total. The van der Waals surface area contributed by atoms with Crippen molar-refractivity contribution in [1.82, 2.24) is 4.90 Å². The fourth-order valence-electron chi connectivity index (χ4n) is 5.73. The number of sulfonamides is 1. The number of alkyl halides is 3. The maximum Gasteiger partial charge on any atom is 0.416 e. The molecule has 0 amide bonds. The molecular weight excluding hydrogens is 461 g/mol.